The lowest BCUT2D eigenvalue weighted by Gasteiger charge is -2.20. The van der Waals surface area contributed by atoms with Gasteiger partial charge in [0, 0.05) is 5.69 Å². The molecule has 0 aliphatic rings. The summed E-state index contributed by atoms with van der Waals surface area (Å²) in [5.41, 5.74) is 0.476. The Kier molecular flexibility index (Phi) is 6.10. The molecule has 0 radical (unpaired) electrons. The van der Waals surface area contributed by atoms with Crippen molar-refractivity contribution < 1.29 is 14.3 Å². The summed E-state index contributed by atoms with van der Waals surface area (Å²) in [5.74, 6) is -0.591. The van der Waals surface area contributed by atoms with Gasteiger partial charge in [-0.15, -0.1) is 0 Å². The maximum Gasteiger partial charge on any atom is 0.328 e. The van der Waals surface area contributed by atoms with Crippen LogP contribution in [0.3, 0.4) is 0 Å². The summed E-state index contributed by atoms with van der Waals surface area (Å²) in [6.07, 6.45) is 0. The molecule has 0 saturated heterocycles. The number of hydrogen-bond acceptors (Lipinski definition) is 3. The molecule has 1 aromatic rings. The first-order valence-electron chi connectivity index (χ1n) is 5.95. The SMILES string of the molecule is COC(=O)C(NC(=O)Nc1ccc(Cl)c(Cl)c1)C(C)C. The second kappa shape index (κ2) is 7.36. The molecular formula is C13H16Cl2N2O3. The van der Waals surface area contributed by atoms with Gasteiger partial charge in [0.2, 0.25) is 0 Å². The zero-order valence-electron chi connectivity index (χ0n) is 11.4. The smallest absolute Gasteiger partial charge is 0.328 e. The van der Waals surface area contributed by atoms with Crippen LogP contribution < -0.4 is 10.6 Å². The van der Waals surface area contributed by atoms with Gasteiger partial charge in [-0.2, -0.15) is 0 Å². The van der Waals surface area contributed by atoms with E-state index in [0.29, 0.717) is 15.7 Å². The van der Waals surface area contributed by atoms with E-state index in [2.05, 4.69) is 15.4 Å². The summed E-state index contributed by atoms with van der Waals surface area (Å²) in [7, 11) is 1.27. The number of benzene rings is 1. The van der Waals surface area contributed by atoms with E-state index in [1.807, 2.05) is 0 Å². The van der Waals surface area contributed by atoms with Crippen molar-refractivity contribution in [1.82, 2.24) is 5.32 Å². The van der Waals surface area contributed by atoms with Crippen molar-refractivity contribution >= 4 is 40.9 Å². The van der Waals surface area contributed by atoms with Gasteiger partial charge in [0.15, 0.2) is 0 Å². The molecule has 0 fully saturated rings. The lowest BCUT2D eigenvalue weighted by Crippen LogP contribution is -2.46. The molecule has 0 aliphatic heterocycles. The summed E-state index contributed by atoms with van der Waals surface area (Å²) in [4.78, 5) is 23.4. The third kappa shape index (κ3) is 4.58. The number of urea groups is 1. The maximum atomic E-state index is 11.8. The highest BCUT2D eigenvalue weighted by molar-refractivity contribution is 6.42. The number of halogens is 2. The normalized spacial score (nSPS) is 11.9. The van der Waals surface area contributed by atoms with E-state index in [4.69, 9.17) is 23.2 Å². The molecule has 0 aromatic heterocycles. The first-order chi connectivity index (χ1) is 9.35. The van der Waals surface area contributed by atoms with Crippen LogP contribution in [0.15, 0.2) is 18.2 Å². The van der Waals surface area contributed by atoms with Crippen molar-refractivity contribution in [2.24, 2.45) is 5.92 Å². The van der Waals surface area contributed by atoms with Crippen LogP contribution in [0, 0.1) is 5.92 Å². The largest absolute Gasteiger partial charge is 0.467 e. The molecule has 110 valence electrons. The predicted molar refractivity (Wildman–Crippen MR) is 79.3 cm³/mol. The fourth-order valence-electron chi connectivity index (χ4n) is 1.51. The first-order valence-corrected chi connectivity index (χ1v) is 6.71. The van der Waals surface area contributed by atoms with Gasteiger partial charge in [-0.3, -0.25) is 0 Å². The Labute approximate surface area is 127 Å². The number of amides is 2. The van der Waals surface area contributed by atoms with Crippen LogP contribution >= 0.6 is 23.2 Å². The number of rotatable bonds is 4. The minimum Gasteiger partial charge on any atom is -0.467 e. The lowest BCUT2D eigenvalue weighted by molar-refractivity contribution is -0.143. The van der Waals surface area contributed by atoms with E-state index < -0.39 is 18.0 Å². The van der Waals surface area contributed by atoms with Crippen LogP contribution in [-0.4, -0.2) is 25.2 Å². The average molecular weight is 319 g/mol. The molecular weight excluding hydrogens is 303 g/mol. The van der Waals surface area contributed by atoms with Crippen LogP contribution in [0.1, 0.15) is 13.8 Å². The number of methoxy groups -OCH3 is 1. The number of ether oxygens (including phenoxy) is 1. The third-order valence-corrected chi connectivity index (χ3v) is 3.32. The molecule has 2 amide bonds. The molecule has 0 aliphatic carbocycles. The Morgan fingerprint density at radius 2 is 1.85 bits per heavy atom. The molecule has 1 aromatic carbocycles. The molecule has 0 saturated carbocycles. The number of nitrogens with one attached hydrogen (secondary N) is 2. The molecule has 0 spiro atoms. The zero-order chi connectivity index (χ0) is 15.3. The van der Waals surface area contributed by atoms with Crippen molar-refractivity contribution in [3.05, 3.63) is 28.2 Å². The number of carbonyl (C=O) groups excluding carboxylic acids is 2. The minimum absolute atomic E-state index is 0.0954. The van der Waals surface area contributed by atoms with E-state index in [9.17, 15) is 9.59 Å². The van der Waals surface area contributed by atoms with Gasteiger partial charge >= 0.3 is 12.0 Å². The van der Waals surface area contributed by atoms with Gasteiger partial charge in [0.05, 0.1) is 17.2 Å². The Balaban J connectivity index is 2.70. The predicted octanol–water partition coefficient (Wildman–Crippen LogP) is 3.31. The molecule has 1 unspecified atom stereocenters. The maximum absolute atomic E-state index is 11.8. The summed E-state index contributed by atoms with van der Waals surface area (Å²) >= 11 is 11.6. The van der Waals surface area contributed by atoms with Crippen molar-refractivity contribution in [2.45, 2.75) is 19.9 Å². The summed E-state index contributed by atoms with van der Waals surface area (Å²) in [6.45, 7) is 3.61. The minimum atomic E-state index is -0.720. The molecule has 1 atom stereocenters. The van der Waals surface area contributed by atoms with Crippen LogP contribution in [0.2, 0.25) is 10.0 Å². The average Bonchev–Trinajstić information content (AvgIpc) is 2.39. The number of esters is 1. The standard InChI is InChI=1S/C13H16Cl2N2O3/c1-7(2)11(12(18)20-3)17-13(19)16-8-4-5-9(14)10(15)6-8/h4-7,11H,1-3H3,(H2,16,17,19). The van der Waals surface area contributed by atoms with E-state index in [0.717, 1.165) is 0 Å². The van der Waals surface area contributed by atoms with Crippen molar-refractivity contribution in [2.75, 3.05) is 12.4 Å². The second-order valence-corrected chi connectivity index (χ2v) is 5.29. The van der Waals surface area contributed by atoms with Gasteiger partial charge in [0.25, 0.3) is 0 Å². The number of hydrogen-bond donors (Lipinski definition) is 2. The lowest BCUT2D eigenvalue weighted by atomic mass is 10.1. The van der Waals surface area contributed by atoms with E-state index >= 15 is 0 Å². The quantitative estimate of drug-likeness (QED) is 0.837. The first kappa shape index (κ1) is 16.6. The van der Waals surface area contributed by atoms with Gasteiger partial charge < -0.3 is 15.4 Å². The molecule has 1 rings (SSSR count). The van der Waals surface area contributed by atoms with Crippen molar-refractivity contribution in [1.29, 1.82) is 0 Å². The Bertz CT molecular complexity index is 506. The number of anilines is 1. The van der Waals surface area contributed by atoms with Crippen molar-refractivity contribution in [3.8, 4) is 0 Å². The topological polar surface area (TPSA) is 67.4 Å². The fourth-order valence-corrected chi connectivity index (χ4v) is 1.81. The van der Waals surface area contributed by atoms with E-state index in [-0.39, 0.29) is 5.92 Å². The summed E-state index contributed by atoms with van der Waals surface area (Å²) in [6, 6.07) is 3.46. The fraction of sp³-hybridized carbons (Fsp3) is 0.385. The monoisotopic (exact) mass is 318 g/mol. The summed E-state index contributed by atoms with van der Waals surface area (Å²) in [5, 5.41) is 5.85. The Morgan fingerprint density at radius 1 is 1.20 bits per heavy atom. The Morgan fingerprint density at radius 3 is 2.35 bits per heavy atom. The van der Waals surface area contributed by atoms with Crippen LogP contribution in [0.25, 0.3) is 0 Å². The molecule has 20 heavy (non-hydrogen) atoms. The van der Waals surface area contributed by atoms with Crippen LogP contribution in [0.5, 0.6) is 0 Å². The zero-order valence-corrected chi connectivity index (χ0v) is 12.9. The molecule has 2 N–H and O–H groups in total. The van der Waals surface area contributed by atoms with E-state index in [1.54, 1.807) is 26.0 Å². The van der Waals surface area contributed by atoms with Gasteiger partial charge in [-0.25, -0.2) is 9.59 Å². The molecule has 0 heterocycles. The molecule has 5 nitrogen and oxygen atoms in total. The van der Waals surface area contributed by atoms with Gasteiger partial charge in [-0.05, 0) is 24.1 Å². The molecule has 0 bridgehead atoms. The highest BCUT2D eigenvalue weighted by Gasteiger charge is 2.24. The Hall–Kier alpha value is -1.46. The third-order valence-electron chi connectivity index (χ3n) is 2.59. The molecule has 7 heteroatoms. The van der Waals surface area contributed by atoms with E-state index in [1.165, 1.54) is 13.2 Å². The van der Waals surface area contributed by atoms with Gasteiger partial charge in [0.1, 0.15) is 6.04 Å². The van der Waals surface area contributed by atoms with Gasteiger partial charge in [-0.1, -0.05) is 37.0 Å². The second-order valence-electron chi connectivity index (χ2n) is 4.47. The van der Waals surface area contributed by atoms with Crippen molar-refractivity contribution in [3.63, 3.8) is 0 Å². The number of carbonyl (C=O) groups is 2. The highest BCUT2D eigenvalue weighted by atomic mass is 35.5. The summed E-state index contributed by atoms with van der Waals surface area (Å²) < 4.78 is 4.64. The highest BCUT2D eigenvalue weighted by Crippen LogP contribution is 2.24. The van der Waals surface area contributed by atoms with Crippen LogP contribution in [-0.2, 0) is 9.53 Å². The van der Waals surface area contributed by atoms with Crippen LogP contribution in [0.4, 0.5) is 10.5 Å².